The number of hydrogen-bond donors (Lipinski definition) is 1. The van der Waals surface area contributed by atoms with E-state index in [1.165, 1.54) is 0 Å². The lowest BCUT2D eigenvalue weighted by molar-refractivity contribution is -0.141. The lowest BCUT2D eigenvalue weighted by Crippen LogP contribution is -2.54. The maximum Gasteiger partial charge on any atom is 0.327 e. The van der Waals surface area contributed by atoms with Gasteiger partial charge in [-0.05, 0) is 12.8 Å². The molecule has 2 aliphatic rings. The molecule has 2 fully saturated rings. The number of carboxylic acid groups (broad SMARTS) is 1. The summed E-state index contributed by atoms with van der Waals surface area (Å²) in [6, 6.07) is -0.752. The maximum absolute atomic E-state index is 12.8. The van der Waals surface area contributed by atoms with Gasteiger partial charge in [0.05, 0.1) is 5.37 Å². The zero-order valence-corrected chi connectivity index (χ0v) is 14.3. The van der Waals surface area contributed by atoms with Crippen molar-refractivity contribution in [1.82, 2.24) is 9.80 Å². The molecule has 3 unspecified atom stereocenters. The predicted octanol–water partition coefficient (Wildman–Crippen LogP) is 2.56. The van der Waals surface area contributed by atoms with Crippen molar-refractivity contribution in [3.8, 4) is 0 Å². The van der Waals surface area contributed by atoms with Crippen LogP contribution >= 0.6 is 23.5 Å². The number of amides is 2. The second-order valence-electron chi connectivity index (χ2n) is 5.47. The molecule has 2 rings (SSSR count). The van der Waals surface area contributed by atoms with Crippen LogP contribution in [-0.2, 0) is 4.79 Å². The van der Waals surface area contributed by atoms with Crippen molar-refractivity contribution >= 4 is 35.5 Å². The van der Waals surface area contributed by atoms with Crippen LogP contribution in [0.2, 0.25) is 0 Å². The molecule has 0 radical (unpaired) electrons. The topological polar surface area (TPSA) is 60.9 Å². The van der Waals surface area contributed by atoms with Gasteiger partial charge in [-0.25, -0.2) is 9.59 Å². The van der Waals surface area contributed by atoms with E-state index in [4.69, 9.17) is 0 Å². The van der Waals surface area contributed by atoms with Crippen molar-refractivity contribution < 1.29 is 14.7 Å². The number of hydrogen-bond acceptors (Lipinski definition) is 4. The van der Waals surface area contributed by atoms with Crippen molar-refractivity contribution in [1.29, 1.82) is 0 Å². The van der Waals surface area contributed by atoms with Crippen LogP contribution in [0.4, 0.5) is 4.79 Å². The average Bonchev–Trinajstić information content (AvgIpc) is 2.91. The minimum atomic E-state index is -0.882. The number of rotatable bonds is 4. The summed E-state index contributed by atoms with van der Waals surface area (Å²) < 4.78 is 0. The second-order valence-corrected chi connectivity index (χ2v) is 8.09. The smallest absolute Gasteiger partial charge is 0.327 e. The highest BCUT2D eigenvalue weighted by atomic mass is 32.2. The summed E-state index contributed by atoms with van der Waals surface area (Å²) in [6.07, 6.45) is 2.87. The Morgan fingerprint density at radius 2 is 2.05 bits per heavy atom. The Labute approximate surface area is 134 Å². The van der Waals surface area contributed by atoms with E-state index in [9.17, 15) is 14.7 Å². The van der Waals surface area contributed by atoms with Gasteiger partial charge in [-0.1, -0.05) is 20.3 Å². The fourth-order valence-corrected chi connectivity index (χ4v) is 5.47. The third-order valence-corrected chi connectivity index (χ3v) is 6.73. The molecule has 0 aromatic carbocycles. The van der Waals surface area contributed by atoms with Crippen LogP contribution in [-0.4, -0.2) is 68.2 Å². The van der Waals surface area contributed by atoms with Crippen LogP contribution in [0, 0.1) is 0 Å². The highest BCUT2D eigenvalue weighted by Gasteiger charge is 2.43. The van der Waals surface area contributed by atoms with Gasteiger partial charge < -0.3 is 10.0 Å². The molecule has 2 saturated heterocycles. The summed E-state index contributed by atoms with van der Waals surface area (Å²) in [5.74, 6) is 0.570. The van der Waals surface area contributed by atoms with E-state index in [1.54, 1.807) is 16.7 Å². The van der Waals surface area contributed by atoms with Gasteiger partial charge in [-0.2, -0.15) is 11.8 Å². The van der Waals surface area contributed by atoms with Crippen LogP contribution in [0.25, 0.3) is 0 Å². The summed E-state index contributed by atoms with van der Waals surface area (Å²) in [4.78, 5) is 27.7. The van der Waals surface area contributed by atoms with Gasteiger partial charge >= 0.3 is 12.0 Å². The van der Waals surface area contributed by atoms with Crippen LogP contribution in [0.15, 0.2) is 0 Å². The van der Waals surface area contributed by atoms with Crippen molar-refractivity contribution in [2.45, 2.75) is 49.8 Å². The van der Waals surface area contributed by atoms with E-state index >= 15 is 0 Å². The Morgan fingerprint density at radius 3 is 2.67 bits per heavy atom. The van der Waals surface area contributed by atoms with E-state index in [-0.39, 0.29) is 11.4 Å². The zero-order chi connectivity index (χ0) is 15.4. The number of carboxylic acids is 1. The van der Waals surface area contributed by atoms with Crippen LogP contribution in [0.5, 0.6) is 0 Å². The Kier molecular flexibility index (Phi) is 6.10. The Balaban J connectivity index is 2.10. The Morgan fingerprint density at radius 1 is 1.29 bits per heavy atom. The summed E-state index contributed by atoms with van der Waals surface area (Å²) in [5.41, 5.74) is 0. The summed E-state index contributed by atoms with van der Waals surface area (Å²) in [7, 11) is 0. The second kappa shape index (κ2) is 7.63. The number of nitrogens with zero attached hydrogens (tertiary/aromatic N) is 2. The minimum absolute atomic E-state index is 0.0123. The molecule has 0 aliphatic carbocycles. The molecule has 1 N–H and O–H groups in total. The predicted molar refractivity (Wildman–Crippen MR) is 87.9 cm³/mol. The molecule has 2 amide bonds. The first-order valence-corrected chi connectivity index (χ1v) is 9.71. The molecule has 0 aromatic heterocycles. The van der Waals surface area contributed by atoms with Crippen LogP contribution in [0.1, 0.15) is 33.1 Å². The highest BCUT2D eigenvalue weighted by Crippen LogP contribution is 2.34. The molecule has 120 valence electrons. The van der Waals surface area contributed by atoms with E-state index < -0.39 is 12.0 Å². The molecule has 0 spiro atoms. The number of carbonyl (C=O) groups excluding carboxylic acids is 1. The molecule has 21 heavy (non-hydrogen) atoms. The normalized spacial score (nSPS) is 29.7. The van der Waals surface area contributed by atoms with E-state index in [2.05, 4.69) is 13.8 Å². The largest absolute Gasteiger partial charge is 0.480 e. The third kappa shape index (κ3) is 3.80. The molecular weight excluding hydrogens is 308 g/mol. The number of carbonyl (C=O) groups is 2. The molecule has 0 bridgehead atoms. The monoisotopic (exact) mass is 332 g/mol. The summed E-state index contributed by atoms with van der Waals surface area (Å²) in [6.45, 7) is 5.68. The standard InChI is InChI=1S/C14H24N2O3S2/c1-3-5-12-16(11(9-21-12)13(17)18)14(19)15-6-7-20-10(4-2)8-15/h10-12H,3-9H2,1-2H3,(H,17,18). The summed E-state index contributed by atoms with van der Waals surface area (Å²) in [5, 5.41) is 9.88. The van der Waals surface area contributed by atoms with Crippen molar-refractivity contribution in [3.63, 3.8) is 0 Å². The lowest BCUT2D eigenvalue weighted by atomic mass is 10.2. The molecule has 7 heteroatoms. The quantitative estimate of drug-likeness (QED) is 0.857. The summed E-state index contributed by atoms with van der Waals surface area (Å²) >= 11 is 3.51. The molecule has 0 aromatic rings. The van der Waals surface area contributed by atoms with Gasteiger partial charge in [0.2, 0.25) is 0 Å². The number of urea groups is 1. The van der Waals surface area contributed by atoms with Gasteiger partial charge in [0.1, 0.15) is 6.04 Å². The fraction of sp³-hybridized carbons (Fsp3) is 0.857. The Bertz CT molecular complexity index is 394. The van der Waals surface area contributed by atoms with Crippen molar-refractivity contribution in [2.75, 3.05) is 24.6 Å². The highest BCUT2D eigenvalue weighted by molar-refractivity contribution is 8.00. The fourth-order valence-electron chi connectivity index (χ4n) is 2.78. The molecule has 0 saturated carbocycles. The third-order valence-electron chi connectivity index (χ3n) is 4.00. The Hall–Kier alpha value is -0.560. The average molecular weight is 332 g/mol. The maximum atomic E-state index is 12.8. The van der Waals surface area contributed by atoms with Gasteiger partial charge in [-0.3, -0.25) is 4.90 Å². The van der Waals surface area contributed by atoms with Crippen molar-refractivity contribution in [2.24, 2.45) is 0 Å². The molecule has 2 aliphatic heterocycles. The van der Waals surface area contributed by atoms with Crippen LogP contribution < -0.4 is 0 Å². The molecule has 3 atom stereocenters. The van der Waals surface area contributed by atoms with E-state index in [1.807, 2.05) is 16.7 Å². The first-order valence-electron chi connectivity index (χ1n) is 7.61. The lowest BCUT2D eigenvalue weighted by Gasteiger charge is -2.37. The first kappa shape index (κ1) is 16.8. The van der Waals surface area contributed by atoms with Gasteiger partial charge in [0.15, 0.2) is 0 Å². The minimum Gasteiger partial charge on any atom is -0.480 e. The van der Waals surface area contributed by atoms with Crippen molar-refractivity contribution in [3.05, 3.63) is 0 Å². The van der Waals surface area contributed by atoms with Gasteiger partial charge in [-0.15, -0.1) is 11.8 Å². The van der Waals surface area contributed by atoms with E-state index in [0.717, 1.165) is 38.1 Å². The van der Waals surface area contributed by atoms with Crippen LogP contribution in [0.3, 0.4) is 0 Å². The number of thioether (sulfide) groups is 2. The first-order chi connectivity index (χ1) is 10.1. The molecule has 5 nitrogen and oxygen atoms in total. The van der Waals surface area contributed by atoms with E-state index in [0.29, 0.717) is 11.0 Å². The SMILES string of the molecule is CCCC1SCC(C(=O)O)N1C(=O)N1CCSC(CC)C1. The zero-order valence-electron chi connectivity index (χ0n) is 12.7. The number of aliphatic carboxylic acids is 1. The molecular formula is C14H24N2O3S2. The van der Waals surface area contributed by atoms with Gasteiger partial charge in [0.25, 0.3) is 0 Å². The van der Waals surface area contributed by atoms with Gasteiger partial charge in [0, 0.05) is 29.8 Å². The molecule has 2 heterocycles.